The molecule has 0 heterocycles. The highest BCUT2D eigenvalue weighted by atomic mass is 35.5. The molecule has 0 aliphatic rings. The van der Waals surface area contributed by atoms with Crippen LogP contribution in [0.5, 0.6) is 11.5 Å². The highest BCUT2D eigenvalue weighted by Crippen LogP contribution is 2.27. The summed E-state index contributed by atoms with van der Waals surface area (Å²) in [5.41, 5.74) is 0. The molecule has 0 aliphatic heterocycles. The fraction of sp³-hybridized carbons (Fsp3) is 0.0769. The molecule has 19 heavy (non-hydrogen) atoms. The lowest BCUT2D eigenvalue weighted by Crippen LogP contribution is -2.06. The first-order valence-corrected chi connectivity index (χ1v) is 5.97. The summed E-state index contributed by atoms with van der Waals surface area (Å²) in [5.74, 6) is -0.359. The van der Waals surface area contributed by atoms with Crippen molar-refractivity contribution >= 4 is 23.2 Å². The average Bonchev–Trinajstić information content (AvgIpc) is 2.34. The summed E-state index contributed by atoms with van der Waals surface area (Å²) in [6.45, 7) is -0.184. The van der Waals surface area contributed by atoms with Crippen LogP contribution in [0.3, 0.4) is 0 Å². The minimum absolute atomic E-state index is 0.133. The molecule has 6 heteroatoms. The van der Waals surface area contributed by atoms with Gasteiger partial charge in [-0.2, -0.15) is 0 Å². The van der Waals surface area contributed by atoms with Gasteiger partial charge in [0.05, 0.1) is 10.0 Å². The summed E-state index contributed by atoms with van der Waals surface area (Å²) in [6, 6.07) is 7.45. The number of benzene rings is 2. The molecule has 0 saturated heterocycles. The first kappa shape index (κ1) is 13.9. The Hall–Kier alpha value is -1.52. The lowest BCUT2D eigenvalue weighted by Gasteiger charge is -2.10. The maximum Gasteiger partial charge on any atom is 0.231 e. The Bertz CT molecular complexity index is 539. The lowest BCUT2D eigenvalue weighted by atomic mass is 10.3. The van der Waals surface area contributed by atoms with E-state index in [1.165, 1.54) is 24.3 Å². The van der Waals surface area contributed by atoms with Crippen LogP contribution in [-0.2, 0) is 0 Å². The number of rotatable bonds is 4. The molecule has 2 aromatic rings. The summed E-state index contributed by atoms with van der Waals surface area (Å²) in [4.78, 5) is 0. The van der Waals surface area contributed by atoms with Crippen LogP contribution >= 0.6 is 23.2 Å². The third-order valence-electron chi connectivity index (χ3n) is 2.22. The quantitative estimate of drug-likeness (QED) is 0.763. The molecule has 0 aromatic heterocycles. The van der Waals surface area contributed by atoms with E-state index < -0.39 is 11.6 Å². The van der Waals surface area contributed by atoms with E-state index in [1.54, 1.807) is 0 Å². The van der Waals surface area contributed by atoms with Crippen LogP contribution < -0.4 is 9.47 Å². The number of halogens is 4. The third kappa shape index (κ3) is 3.72. The Morgan fingerprint density at radius 3 is 1.58 bits per heavy atom. The Kier molecular flexibility index (Phi) is 4.45. The van der Waals surface area contributed by atoms with E-state index in [0.717, 1.165) is 12.1 Å². The van der Waals surface area contributed by atoms with Crippen molar-refractivity contribution in [2.24, 2.45) is 0 Å². The van der Waals surface area contributed by atoms with Crippen LogP contribution in [0, 0.1) is 11.6 Å². The van der Waals surface area contributed by atoms with Gasteiger partial charge in [-0.15, -0.1) is 0 Å². The molecular formula is C13H8Cl2F2O2. The van der Waals surface area contributed by atoms with Crippen molar-refractivity contribution < 1.29 is 18.3 Å². The van der Waals surface area contributed by atoms with Gasteiger partial charge >= 0.3 is 0 Å². The van der Waals surface area contributed by atoms with Gasteiger partial charge in [-0.1, -0.05) is 23.2 Å². The van der Waals surface area contributed by atoms with Crippen LogP contribution in [0.25, 0.3) is 0 Å². The minimum atomic E-state index is -0.458. The molecule has 0 fully saturated rings. The molecule has 0 atom stereocenters. The molecule has 2 aromatic carbocycles. The molecule has 2 rings (SSSR count). The van der Waals surface area contributed by atoms with Gasteiger partial charge in [-0.25, -0.2) is 8.78 Å². The highest BCUT2D eigenvalue weighted by Gasteiger charge is 2.05. The van der Waals surface area contributed by atoms with Crippen molar-refractivity contribution in [1.82, 2.24) is 0 Å². The molecule has 0 N–H and O–H groups in total. The SMILES string of the molecule is Fc1ccc(OCOc2ccc(F)cc2Cl)c(Cl)c1. The van der Waals surface area contributed by atoms with Crippen molar-refractivity contribution in [2.45, 2.75) is 0 Å². The normalized spacial score (nSPS) is 10.3. The fourth-order valence-electron chi connectivity index (χ4n) is 1.34. The zero-order valence-electron chi connectivity index (χ0n) is 9.50. The number of ether oxygens (including phenoxy) is 2. The average molecular weight is 305 g/mol. The van der Waals surface area contributed by atoms with E-state index in [9.17, 15) is 8.78 Å². The van der Waals surface area contributed by atoms with E-state index in [2.05, 4.69) is 0 Å². The number of hydrogen-bond donors (Lipinski definition) is 0. The van der Waals surface area contributed by atoms with Gasteiger partial charge in [0, 0.05) is 0 Å². The zero-order valence-corrected chi connectivity index (χ0v) is 11.0. The minimum Gasteiger partial charge on any atom is -0.456 e. The van der Waals surface area contributed by atoms with E-state index in [-0.39, 0.29) is 28.3 Å². The van der Waals surface area contributed by atoms with Gasteiger partial charge < -0.3 is 9.47 Å². The van der Waals surface area contributed by atoms with E-state index in [1.807, 2.05) is 0 Å². The van der Waals surface area contributed by atoms with Gasteiger partial charge in [0.15, 0.2) is 0 Å². The third-order valence-corrected chi connectivity index (χ3v) is 2.81. The van der Waals surface area contributed by atoms with Crippen LogP contribution in [0.4, 0.5) is 8.78 Å². The fourth-order valence-corrected chi connectivity index (χ4v) is 1.78. The second-order valence-corrected chi connectivity index (χ2v) is 4.37. The van der Waals surface area contributed by atoms with E-state index in [4.69, 9.17) is 32.7 Å². The Morgan fingerprint density at radius 1 is 0.789 bits per heavy atom. The maximum absolute atomic E-state index is 12.8. The largest absolute Gasteiger partial charge is 0.456 e. The van der Waals surface area contributed by atoms with Crippen molar-refractivity contribution in [1.29, 1.82) is 0 Å². The Balaban J connectivity index is 1.96. The summed E-state index contributed by atoms with van der Waals surface area (Å²) in [5, 5.41) is 0.266. The topological polar surface area (TPSA) is 18.5 Å². The van der Waals surface area contributed by atoms with E-state index in [0.29, 0.717) is 0 Å². The molecule has 0 unspecified atom stereocenters. The molecule has 0 amide bonds. The van der Waals surface area contributed by atoms with Crippen LogP contribution in [0.1, 0.15) is 0 Å². The second-order valence-electron chi connectivity index (χ2n) is 3.56. The monoisotopic (exact) mass is 304 g/mol. The standard InChI is InChI=1S/C13H8Cl2F2O2/c14-10-5-8(16)1-3-12(10)18-7-19-13-4-2-9(17)6-11(13)15/h1-6H,7H2. The van der Waals surface area contributed by atoms with Crippen molar-refractivity contribution in [3.8, 4) is 11.5 Å². The van der Waals surface area contributed by atoms with Gasteiger partial charge in [-0.05, 0) is 36.4 Å². The molecule has 2 nitrogen and oxygen atoms in total. The molecule has 0 spiro atoms. The van der Waals surface area contributed by atoms with Crippen molar-refractivity contribution in [2.75, 3.05) is 6.79 Å². The molecule has 0 aliphatic carbocycles. The number of hydrogen-bond acceptors (Lipinski definition) is 2. The first-order valence-electron chi connectivity index (χ1n) is 5.22. The first-order chi connectivity index (χ1) is 9.06. The lowest BCUT2D eigenvalue weighted by molar-refractivity contribution is 0.120. The maximum atomic E-state index is 12.8. The van der Waals surface area contributed by atoms with Crippen molar-refractivity contribution in [3.63, 3.8) is 0 Å². The Labute approximate surface area is 118 Å². The van der Waals surface area contributed by atoms with Gasteiger partial charge in [0.1, 0.15) is 23.1 Å². The predicted molar refractivity (Wildman–Crippen MR) is 68.9 cm³/mol. The van der Waals surface area contributed by atoms with Crippen LogP contribution in [0.15, 0.2) is 36.4 Å². The molecule has 0 radical (unpaired) electrons. The molecular weight excluding hydrogens is 297 g/mol. The highest BCUT2D eigenvalue weighted by molar-refractivity contribution is 6.32. The second kappa shape index (κ2) is 6.08. The predicted octanol–water partition coefficient (Wildman–Crippen LogP) is 4.69. The molecule has 0 bridgehead atoms. The van der Waals surface area contributed by atoms with Gasteiger partial charge in [0.25, 0.3) is 0 Å². The summed E-state index contributed by atoms with van der Waals surface area (Å²) in [7, 11) is 0. The van der Waals surface area contributed by atoms with Crippen LogP contribution in [-0.4, -0.2) is 6.79 Å². The summed E-state index contributed by atoms with van der Waals surface area (Å²) in [6.07, 6.45) is 0. The molecule has 0 saturated carbocycles. The van der Waals surface area contributed by atoms with Gasteiger partial charge in [0.2, 0.25) is 6.79 Å². The van der Waals surface area contributed by atoms with Gasteiger partial charge in [-0.3, -0.25) is 0 Å². The molecule has 100 valence electrons. The smallest absolute Gasteiger partial charge is 0.231 e. The van der Waals surface area contributed by atoms with Crippen LogP contribution in [0.2, 0.25) is 10.0 Å². The summed E-state index contributed by atoms with van der Waals surface area (Å²) < 4.78 is 36.0. The van der Waals surface area contributed by atoms with Crippen molar-refractivity contribution in [3.05, 3.63) is 58.1 Å². The Morgan fingerprint density at radius 2 is 1.21 bits per heavy atom. The summed E-state index contributed by atoms with van der Waals surface area (Å²) >= 11 is 11.5. The zero-order chi connectivity index (χ0) is 13.8. The van der Waals surface area contributed by atoms with E-state index >= 15 is 0 Å².